The van der Waals surface area contributed by atoms with E-state index in [-0.39, 0.29) is 0 Å². The molecule has 9 rings (SSSR count). The van der Waals surface area contributed by atoms with Crippen LogP contribution >= 0.6 is 0 Å². The molecule has 0 spiro atoms. The lowest BCUT2D eigenvalue weighted by Crippen LogP contribution is -2.13. The van der Waals surface area contributed by atoms with Crippen LogP contribution in [0.15, 0.2) is 188 Å². The first kappa shape index (κ1) is 27.2. The summed E-state index contributed by atoms with van der Waals surface area (Å²) >= 11 is 0. The molecular formula is C46H31N. The Morgan fingerprint density at radius 2 is 0.787 bits per heavy atom. The minimum absolute atomic E-state index is 1.12. The van der Waals surface area contributed by atoms with Crippen molar-refractivity contribution in [3.05, 3.63) is 188 Å². The van der Waals surface area contributed by atoms with Gasteiger partial charge in [0.25, 0.3) is 0 Å². The Balaban J connectivity index is 1.41. The highest BCUT2D eigenvalue weighted by molar-refractivity contribution is 6.10. The van der Waals surface area contributed by atoms with Crippen molar-refractivity contribution in [1.29, 1.82) is 0 Å². The monoisotopic (exact) mass is 597 g/mol. The quantitative estimate of drug-likeness (QED) is 0.178. The van der Waals surface area contributed by atoms with Crippen molar-refractivity contribution in [2.24, 2.45) is 0 Å². The summed E-state index contributed by atoms with van der Waals surface area (Å²) in [5.41, 5.74) is 8.16. The van der Waals surface area contributed by atoms with Crippen LogP contribution < -0.4 is 4.90 Å². The highest BCUT2D eigenvalue weighted by atomic mass is 15.1. The van der Waals surface area contributed by atoms with E-state index >= 15 is 0 Å². The summed E-state index contributed by atoms with van der Waals surface area (Å²) in [6.45, 7) is 0. The Morgan fingerprint density at radius 1 is 0.277 bits per heavy atom. The zero-order valence-electron chi connectivity index (χ0n) is 25.8. The van der Waals surface area contributed by atoms with Crippen LogP contribution in [0.4, 0.5) is 17.1 Å². The zero-order chi connectivity index (χ0) is 31.2. The Kier molecular flexibility index (Phi) is 6.54. The molecule has 9 aromatic carbocycles. The average Bonchev–Trinajstić information content (AvgIpc) is 3.15. The van der Waals surface area contributed by atoms with E-state index in [1.807, 2.05) is 0 Å². The molecule has 0 saturated carbocycles. The van der Waals surface area contributed by atoms with Crippen LogP contribution in [-0.2, 0) is 0 Å². The summed E-state index contributed by atoms with van der Waals surface area (Å²) in [6, 6.07) is 68.5. The number of rotatable bonds is 5. The van der Waals surface area contributed by atoms with Gasteiger partial charge in [-0.3, -0.25) is 0 Å². The van der Waals surface area contributed by atoms with Gasteiger partial charge in [0, 0.05) is 22.5 Å². The molecule has 9 aromatic rings. The van der Waals surface area contributed by atoms with Crippen LogP contribution in [-0.4, -0.2) is 0 Å². The number of benzene rings is 9. The number of para-hydroxylation sites is 1. The first-order valence-electron chi connectivity index (χ1n) is 16.2. The largest absolute Gasteiger partial charge is 0.309 e. The molecule has 0 N–H and O–H groups in total. The van der Waals surface area contributed by atoms with E-state index in [1.165, 1.54) is 65.3 Å². The van der Waals surface area contributed by atoms with Gasteiger partial charge in [-0.1, -0.05) is 164 Å². The lowest BCUT2D eigenvalue weighted by Gasteiger charge is -2.31. The highest BCUT2D eigenvalue weighted by Gasteiger charge is 2.23. The molecule has 0 saturated heterocycles. The Morgan fingerprint density at radius 3 is 1.60 bits per heavy atom. The molecule has 0 unspecified atom stereocenters. The van der Waals surface area contributed by atoms with Gasteiger partial charge in [0.1, 0.15) is 0 Å². The SMILES string of the molecule is c1ccc(-c2cccc(-c3cccc4ccccc34)c2N(c2ccc3ccccc3c2)c2ccc3ccc4ccccc4c3c2)cc1. The summed E-state index contributed by atoms with van der Waals surface area (Å²) in [4.78, 5) is 2.48. The number of hydrogen-bond donors (Lipinski definition) is 0. The summed E-state index contributed by atoms with van der Waals surface area (Å²) < 4.78 is 0. The predicted molar refractivity (Wildman–Crippen MR) is 202 cm³/mol. The Hall–Kier alpha value is -6.18. The average molecular weight is 598 g/mol. The van der Waals surface area contributed by atoms with Crippen molar-refractivity contribution in [2.45, 2.75) is 0 Å². The molecule has 0 aliphatic heterocycles. The van der Waals surface area contributed by atoms with E-state index in [2.05, 4.69) is 193 Å². The fraction of sp³-hybridized carbons (Fsp3) is 0. The third kappa shape index (κ3) is 4.72. The molecule has 0 heterocycles. The third-order valence-electron chi connectivity index (χ3n) is 9.40. The topological polar surface area (TPSA) is 3.24 Å². The molecule has 1 nitrogen and oxygen atoms in total. The van der Waals surface area contributed by atoms with Gasteiger partial charge >= 0.3 is 0 Å². The molecule has 220 valence electrons. The normalized spacial score (nSPS) is 11.4. The molecule has 0 radical (unpaired) electrons. The second-order valence-corrected chi connectivity index (χ2v) is 12.2. The minimum atomic E-state index is 1.12. The molecule has 0 aromatic heterocycles. The molecule has 0 bridgehead atoms. The summed E-state index contributed by atoms with van der Waals surface area (Å²) in [7, 11) is 0. The number of nitrogens with zero attached hydrogens (tertiary/aromatic N) is 1. The van der Waals surface area contributed by atoms with Crippen LogP contribution in [0, 0.1) is 0 Å². The minimum Gasteiger partial charge on any atom is -0.309 e. The van der Waals surface area contributed by atoms with Crippen molar-refractivity contribution < 1.29 is 0 Å². The molecule has 1 heteroatoms. The maximum atomic E-state index is 2.48. The van der Waals surface area contributed by atoms with Crippen LogP contribution in [0.5, 0.6) is 0 Å². The fourth-order valence-corrected chi connectivity index (χ4v) is 7.16. The van der Waals surface area contributed by atoms with Gasteiger partial charge in [-0.25, -0.2) is 0 Å². The van der Waals surface area contributed by atoms with Crippen molar-refractivity contribution in [3.8, 4) is 22.3 Å². The first-order valence-corrected chi connectivity index (χ1v) is 16.2. The summed E-state index contributed by atoms with van der Waals surface area (Å²) in [5.74, 6) is 0. The van der Waals surface area contributed by atoms with Crippen LogP contribution in [0.1, 0.15) is 0 Å². The van der Waals surface area contributed by atoms with E-state index in [0.29, 0.717) is 0 Å². The van der Waals surface area contributed by atoms with E-state index in [9.17, 15) is 0 Å². The second kappa shape index (κ2) is 11.3. The Labute approximate surface area is 274 Å². The van der Waals surface area contributed by atoms with Crippen LogP contribution in [0.2, 0.25) is 0 Å². The van der Waals surface area contributed by atoms with Crippen LogP contribution in [0.3, 0.4) is 0 Å². The predicted octanol–water partition coefficient (Wildman–Crippen LogP) is 13.1. The number of anilines is 3. The number of fused-ring (bicyclic) bond motifs is 5. The lowest BCUT2D eigenvalue weighted by atomic mass is 9.91. The van der Waals surface area contributed by atoms with Gasteiger partial charge in [-0.2, -0.15) is 0 Å². The van der Waals surface area contributed by atoms with Crippen LogP contribution in [0.25, 0.3) is 65.3 Å². The molecule has 0 aliphatic carbocycles. The standard InChI is InChI=1S/C46H31N/c1-2-13-34(14-3-1)42-21-11-23-44(43-22-10-18-33-15-6-8-19-40(33)43)46(42)47(38-28-26-32-12-4-5-17-37(32)30-38)39-29-27-36-25-24-35-16-7-9-20-41(35)45(36)31-39/h1-31H. The van der Waals surface area contributed by atoms with Gasteiger partial charge in [0.05, 0.1) is 5.69 Å². The number of hydrogen-bond acceptors (Lipinski definition) is 1. The van der Waals surface area contributed by atoms with Crippen molar-refractivity contribution >= 4 is 60.2 Å². The van der Waals surface area contributed by atoms with Gasteiger partial charge in [0.15, 0.2) is 0 Å². The van der Waals surface area contributed by atoms with Crippen molar-refractivity contribution in [1.82, 2.24) is 0 Å². The fourth-order valence-electron chi connectivity index (χ4n) is 7.16. The maximum absolute atomic E-state index is 2.48. The van der Waals surface area contributed by atoms with Crippen molar-refractivity contribution in [3.63, 3.8) is 0 Å². The Bertz CT molecular complexity index is 2580. The smallest absolute Gasteiger partial charge is 0.0618 e. The lowest BCUT2D eigenvalue weighted by molar-refractivity contribution is 1.30. The zero-order valence-corrected chi connectivity index (χ0v) is 25.8. The first-order chi connectivity index (χ1) is 23.3. The van der Waals surface area contributed by atoms with Gasteiger partial charge in [-0.05, 0) is 78.5 Å². The highest BCUT2D eigenvalue weighted by Crippen LogP contribution is 2.48. The van der Waals surface area contributed by atoms with E-state index < -0.39 is 0 Å². The van der Waals surface area contributed by atoms with Gasteiger partial charge < -0.3 is 4.90 Å². The summed E-state index contributed by atoms with van der Waals surface area (Å²) in [5, 5.41) is 9.90. The van der Waals surface area contributed by atoms with E-state index in [4.69, 9.17) is 0 Å². The summed E-state index contributed by atoms with van der Waals surface area (Å²) in [6.07, 6.45) is 0. The molecule has 47 heavy (non-hydrogen) atoms. The molecule has 0 amide bonds. The maximum Gasteiger partial charge on any atom is 0.0618 e. The van der Waals surface area contributed by atoms with Gasteiger partial charge in [-0.15, -0.1) is 0 Å². The van der Waals surface area contributed by atoms with E-state index in [1.54, 1.807) is 0 Å². The third-order valence-corrected chi connectivity index (χ3v) is 9.40. The molecular weight excluding hydrogens is 567 g/mol. The van der Waals surface area contributed by atoms with E-state index in [0.717, 1.165) is 17.1 Å². The van der Waals surface area contributed by atoms with Gasteiger partial charge in [0.2, 0.25) is 0 Å². The molecule has 0 fully saturated rings. The molecule has 0 atom stereocenters. The van der Waals surface area contributed by atoms with Crippen molar-refractivity contribution in [2.75, 3.05) is 4.90 Å². The molecule has 0 aliphatic rings. The second-order valence-electron chi connectivity index (χ2n) is 12.2.